The Balaban J connectivity index is 1.34. The van der Waals surface area contributed by atoms with Gasteiger partial charge in [0, 0.05) is 41.5 Å². The van der Waals surface area contributed by atoms with Gasteiger partial charge in [0.2, 0.25) is 0 Å². The van der Waals surface area contributed by atoms with Crippen molar-refractivity contribution in [2.24, 2.45) is 0 Å². The van der Waals surface area contributed by atoms with E-state index < -0.39 is 0 Å². The maximum atomic E-state index is 13.4. The number of H-pyrrole nitrogens is 1. The van der Waals surface area contributed by atoms with Gasteiger partial charge in [0.25, 0.3) is 0 Å². The Labute approximate surface area is 207 Å². The number of aryl methyl sites for hydroxylation is 1. The number of imidazole rings is 1. The minimum atomic E-state index is -0.248. The predicted molar refractivity (Wildman–Crippen MR) is 136 cm³/mol. The zero-order chi connectivity index (χ0) is 24.6. The SMILES string of the molecule is Cc1ncnc(N2CCOc3ccc(-c4cnc5nc(N)[nH]c5c4)cc3C2)c1Cc1ccc(F)cc1. The highest BCUT2D eigenvalue weighted by Gasteiger charge is 2.21. The Hall–Kier alpha value is -4.53. The number of nitrogen functional groups attached to an aromatic ring is 1. The quantitative estimate of drug-likeness (QED) is 0.391. The molecule has 5 aromatic rings. The normalized spacial score (nSPS) is 13.3. The number of nitrogens with two attached hydrogens (primary N) is 1. The van der Waals surface area contributed by atoms with Gasteiger partial charge in [0.05, 0.1) is 12.1 Å². The Kier molecular flexibility index (Phi) is 5.44. The molecule has 0 saturated heterocycles. The second kappa shape index (κ2) is 8.92. The van der Waals surface area contributed by atoms with E-state index in [2.05, 4.69) is 35.9 Å². The van der Waals surface area contributed by atoms with Gasteiger partial charge >= 0.3 is 0 Å². The van der Waals surface area contributed by atoms with E-state index in [9.17, 15) is 4.39 Å². The standard InChI is InChI=1S/C27H24FN7O/c1-16-22(10-17-2-5-21(28)6-3-17)26(32-15-31-16)35-8-9-36-24-7-4-18(11-20(24)14-35)19-12-23-25(30-13-19)34-27(29)33-23/h2-7,11-13,15H,8-10,14H2,1H3,(H3,29,30,33,34). The van der Waals surface area contributed by atoms with Gasteiger partial charge in [-0.25, -0.2) is 19.3 Å². The molecule has 0 atom stereocenters. The van der Waals surface area contributed by atoms with Gasteiger partial charge in [-0.2, -0.15) is 4.98 Å². The van der Waals surface area contributed by atoms with Crippen LogP contribution in [-0.4, -0.2) is 38.1 Å². The summed E-state index contributed by atoms with van der Waals surface area (Å²) in [6, 6.07) is 14.7. The van der Waals surface area contributed by atoms with Crippen molar-refractivity contribution in [2.45, 2.75) is 19.9 Å². The summed E-state index contributed by atoms with van der Waals surface area (Å²) in [5, 5.41) is 0. The first kappa shape index (κ1) is 22.0. The fraction of sp³-hybridized carbons (Fsp3) is 0.185. The summed E-state index contributed by atoms with van der Waals surface area (Å²) < 4.78 is 19.5. The second-order valence-corrected chi connectivity index (χ2v) is 8.87. The molecule has 0 spiro atoms. The topological polar surface area (TPSA) is 106 Å². The molecule has 0 fully saturated rings. The van der Waals surface area contributed by atoms with E-state index in [0.29, 0.717) is 37.7 Å². The molecule has 36 heavy (non-hydrogen) atoms. The van der Waals surface area contributed by atoms with Gasteiger partial charge in [-0.1, -0.05) is 18.2 Å². The minimum absolute atomic E-state index is 0.248. The first-order chi connectivity index (χ1) is 17.5. The zero-order valence-electron chi connectivity index (χ0n) is 19.7. The third-order valence-electron chi connectivity index (χ3n) is 6.46. The Morgan fingerprint density at radius 3 is 2.78 bits per heavy atom. The summed E-state index contributed by atoms with van der Waals surface area (Å²) in [6.07, 6.45) is 4.01. The van der Waals surface area contributed by atoms with Gasteiger partial charge in [0.1, 0.15) is 30.3 Å². The molecule has 0 amide bonds. The van der Waals surface area contributed by atoms with E-state index in [0.717, 1.165) is 50.6 Å². The van der Waals surface area contributed by atoms with Crippen molar-refractivity contribution in [3.05, 3.63) is 89.3 Å². The largest absolute Gasteiger partial charge is 0.491 e. The molecule has 0 bridgehead atoms. The number of halogens is 1. The number of nitrogens with one attached hydrogen (secondary N) is 1. The van der Waals surface area contributed by atoms with E-state index in [4.69, 9.17) is 10.5 Å². The number of ether oxygens (including phenoxy) is 1. The molecule has 4 heterocycles. The average molecular weight is 482 g/mol. The van der Waals surface area contributed by atoms with Crippen molar-refractivity contribution in [3.63, 3.8) is 0 Å². The number of nitrogens with zero attached hydrogens (tertiary/aromatic N) is 5. The first-order valence-corrected chi connectivity index (χ1v) is 11.7. The lowest BCUT2D eigenvalue weighted by atomic mass is 10.0. The van der Waals surface area contributed by atoms with Gasteiger partial charge in [-0.05, 0) is 48.4 Å². The van der Waals surface area contributed by atoms with Crippen LogP contribution in [-0.2, 0) is 13.0 Å². The van der Waals surface area contributed by atoms with Gasteiger partial charge < -0.3 is 20.4 Å². The summed E-state index contributed by atoms with van der Waals surface area (Å²) in [7, 11) is 0. The summed E-state index contributed by atoms with van der Waals surface area (Å²) >= 11 is 0. The zero-order valence-corrected chi connectivity index (χ0v) is 19.7. The number of rotatable bonds is 4. The predicted octanol–water partition coefficient (Wildman–Crippen LogP) is 4.43. The highest BCUT2D eigenvalue weighted by atomic mass is 19.1. The van der Waals surface area contributed by atoms with Crippen LogP contribution in [0.25, 0.3) is 22.3 Å². The number of hydrogen-bond acceptors (Lipinski definition) is 7. The molecule has 0 saturated carbocycles. The van der Waals surface area contributed by atoms with Crippen LogP contribution in [0.2, 0.25) is 0 Å². The number of hydrogen-bond donors (Lipinski definition) is 2. The fourth-order valence-corrected chi connectivity index (χ4v) is 4.60. The summed E-state index contributed by atoms with van der Waals surface area (Å²) in [6.45, 7) is 3.82. The monoisotopic (exact) mass is 481 g/mol. The van der Waals surface area contributed by atoms with Gasteiger partial charge in [0.15, 0.2) is 11.6 Å². The van der Waals surface area contributed by atoms with Crippen LogP contribution in [0.1, 0.15) is 22.4 Å². The third-order valence-corrected chi connectivity index (χ3v) is 6.46. The summed E-state index contributed by atoms with van der Waals surface area (Å²) in [5.41, 5.74) is 13.1. The van der Waals surface area contributed by atoms with Crippen LogP contribution >= 0.6 is 0 Å². The number of benzene rings is 2. The Morgan fingerprint density at radius 2 is 1.92 bits per heavy atom. The van der Waals surface area contributed by atoms with E-state index in [1.165, 1.54) is 12.1 Å². The molecule has 3 N–H and O–H groups in total. The van der Waals surface area contributed by atoms with Crippen molar-refractivity contribution in [3.8, 4) is 16.9 Å². The first-order valence-electron chi connectivity index (χ1n) is 11.7. The van der Waals surface area contributed by atoms with Crippen LogP contribution in [0.4, 0.5) is 16.2 Å². The molecule has 2 aromatic carbocycles. The molecular weight excluding hydrogens is 457 g/mol. The van der Waals surface area contributed by atoms with Crippen LogP contribution in [0.15, 0.2) is 61.1 Å². The van der Waals surface area contributed by atoms with E-state index in [1.807, 2.05) is 25.1 Å². The van der Waals surface area contributed by atoms with E-state index in [-0.39, 0.29) is 5.82 Å². The van der Waals surface area contributed by atoms with Gasteiger partial charge in [-0.15, -0.1) is 0 Å². The minimum Gasteiger partial charge on any atom is -0.491 e. The maximum Gasteiger partial charge on any atom is 0.200 e. The van der Waals surface area contributed by atoms with Crippen molar-refractivity contribution < 1.29 is 9.13 Å². The smallest absolute Gasteiger partial charge is 0.200 e. The van der Waals surface area contributed by atoms with E-state index >= 15 is 0 Å². The number of aromatic nitrogens is 5. The Bertz CT molecular complexity index is 1570. The van der Waals surface area contributed by atoms with Crippen molar-refractivity contribution in [1.29, 1.82) is 0 Å². The molecule has 9 heteroatoms. The number of fused-ring (bicyclic) bond motifs is 2. The highest BCUT2D eigenvalue weighted by Crippen LogP contribution is 2.32. The second-order valence-electron chi connectivity index (χ2n) is 8.87. The third kappa shape index (κ3) is 4.19. The summed E-state index contributed by atoms with van der Waals surface area (Å²) in [4.78, 5) is 23.0. The lowest BCUT2D eigenvalue weighted by Crippen LogP contribution is -2.28. The molecule has 6 rings (SSSR count). The molecule has 0 aliphatic carbocycles. The molecule has 0 unspecified atom stereocenters. The lowest BCUT2D eigenvalue weighted by molar-refractivity contribution is 0.331. The van der Waals surface area contributed by atoms with Crippen molar-refractivity contribution in [2.75, 3.05) is 23.8 Å². The van der Waals surface area contributed by atoms with Gasteiger partial charge in [-0.3, -0.25) is 0 Å². The van der Waals surface area contributed by atoms with Crippen molar-refractivity contribution in [1.82, 2.24) is 24.9 Å². The lowest BCUT2D eigenvalue weighted by Gasteiger charge is -2.24. The number of anilines is 2. The molecule has 0 radical (unpaired) electrons. The fourth-order valence-electron chi connectivity index (χ4n) is 4.60. The molecule has 1 aliphatic heterocycles. The number of pyridine rings is 1. The van der Waals surface area contributed by atoms with Crippen molar-refractivity contribution >= 4 is 22.9 Å². The molecular formula is C27H24FN7O. The van der Waals surface area contributed by atoms with Crippen LogP contribution in [0, 0.1) is 12.7 Å². The van der Waals surface area contributed by atoms with Crippen LogP contribution in [0.3, 0.4) is 0 Å². The number of aromatic amines is 1. The molecule has 3 aromatic heterocycles. The summed E-state index contributed by atoms with van der Waals surface area (Å²) in [5.74, 6) is 1.82. The van der Waals surface area contributed by atoms with Crippen LogP contribution < -0.4 is 15.4 Å². The van der Waals surface area contributed by atoms with E-state index in [1.54, 1.807) is 24.7 Å². The molecule has 8 nitrogen and oxygen atoms in total. The average Bonchev–Trinajstić information content (AvgIpc) is 3.12. The Morgan fingerprint density at radius 1 is 1.06 bits per heavy atom. The maximum absolute atomic E-state index is 13.4. The van der Waals surface area contributed by atoms with Crippen LogP contribution in [0.5, 0.6) is 5.75 Å². The highest BCUT2D eigenvalue weighted by molar-refractivity contribution is 5.79. The molecule has 180 valence electrons. The molecule has 1 aliphatic rings.